The number of likely N-dealkylation sites (tertiary alicyclic amines) is 1. The number of hydrogen-bond acceptors (Lipinski definition) is 4. The molecule has 2 heterocycles. The van der Waals surface area contributed by atoms with Gasteiger partial charge < -0.3 is 14.2 Å². The Balaban J connectivity index is 1.81. The Hall–Kier alpha value is -2.30. The van der Waals surface area contributed by atoms with E-state index in [1.54, 1.807) is 13.2 Å². The van der Waals surface area contributed by atoms with E-state index in [4.69, 9.17) is 9.26 Å². The van der Waals surface area contributed by atoms with Crippen LogP contribution in [0.15, 0.2) is 34.9 Å². The molecule has 3 rings (SSSR count). The molecule has 1 aliphatic heterocycles. The summed E-state index contributed by atoms with van der Waals surface area (Å²) in [4.78, 5) is 14.6. The summed E-state index contributed by atoms with van der Waals surface area (Å²) >= 11 is 0. The van der Waals surface area contributed by atoms with Crippen LogP contribution in [0.2, 0.25) is 0 Å². The molecule has 1 saturated heterocycles. The van der Waals surface area contributed by atoms with E-state index in [1.807, 2.05) is 29.2 Å². The van der Waals surface area contributed by atoms with Crippen molar-refractivity contribution in [3.63, 3.8) is 0 Å². The molecule has 0 bridgehead atoms. The van der Waals surface area contributed by atoms with Gasteiger partial charge in [-0.05, 0) is 37.8 Å². The smallest absolute Gasteiger partial charge is 0.292 e. The molecule has 5 heteroatoms. The molecule has 1 fully saturated rings. The summed E-state index contributed by atoms with van der Waals surface area (Å²) in [5, 5.41) is 4.05. The number of ether oxygens (including phenoxy) is 1. The zero-order valence-corrected chi connectivity index (χ0v) is 13.6. The lowest BCUT2D eigenvalue weighted by molar-refractivity contribution is 0.0566. The number of benzene rings is 1. The maximum Gasteiger partial charge on any atom is 0.292 e. The predicted molar refractivity (Wildman–Crippen MR) is 87.5 cm³/mol. The fraction of sp³-hybridized carbons (Fsp3) is 0.444. The third kappa shape index (κ3) is 3.23. The molecule has 1 aromatic heterocycles. The number of piperidine rings is 1. The molecule has 0 unspecified atom stereocenters. The van der Waals surface area contributed by atoms with E-state index in [9.17, 15) is 4.79 Å². The Morgan fingerprint density at radius 1 is 1.39 bits per heavy atom. The molecule has 0 saturated carbocycles. The number of methoxy groups -OCH3 is 1. The number of hydrogen-bond donors (Lipinski definition) is 0. The molecular formula is C18H22N2O3. The van der Waals surface area contributed by atoms with Gasteiger partial charge in [-0.1, -0.05) is 24.2 Å². The van der Waals surface area contributed by atoms with Gasteiger partial charge in [-0.2, -0.15) is 0 Å². The largest absolute Gasteiger partial charge is 0.497 e. The van der Waals surface area contributed by atoms with Crippen LogP contribution in [-0.2, 0) is 0 Å². The van der Waals surface area contributed by atoms with Gasteiger partial charge >= 0.3 is 0 Å². The first-order valence-corrected chi connectivity index (χ1v) is 8.15. The van der Waals surface area contributed by atoms with Gasteiger partial charge in [0.25, 0.3) is 5.91 Å². The van der Waals surface area contributed by atoms with Gasteiger partial charge in [0.05, 0.1) is 7.11 Å². The minimum atomic E-state index is -0.0572. The van der Waals surface area contributed by atoms with Crippen molar-refractivity contribution in [3.05, 3.63) is 36.1 Å². The average Bonchev–Trinajstić information content (AvgIpc) is 3.11. The summed E-state index contributed by atoms with van der Waals surface area (Å²) in [6, 6.07) is 9.59. The zero-order valence-electron chi connectivity index (χ0n) is 13.6. The first kappa shape index (κ1) is 15.6. The first-order chi connectivity index (χ1) is 11.2. The molecule has 0 N–H and O–H groups in total. The van der Waals surface area contributed by atoms with Crippen molar-refractivity contribution in [2.75, 3.05) is 13.7 Å². The summed E-state index contributed by atoms with van der Waals surface area (Å²) < 4.78 is 10.5. The molecule has 0 radical (unpaired) electrons. The third-order valence-electron chi connectivity index (χ3n) is 4.45. The van der Waals surface area contributed by atoms with Gasteiger partial charge in [-0.15, -0.1) is 0 Å². The molecule has 2 aromatic rings. The second-order valence-corrected chi connectivity index (χ2v) is 5.86. The first-order valence-electron chi connectivity index (χ1n) is 8.15. The molecular weight excluding hydrogens is 292 g/mol. The fourth-order valence-electron chi connectivity index (χ4n) is 3.13. The SMILES string of the molecule is CC[C@@H]1CCCCN1C(=O)c1cc(-c2cccc(OC)c2)no1. The van der Waals surface area contributed by atoms with Crippen molar-refractivity contribution in [2.24, 2.45) is 0 Å². The van der Waals surface area contributed by atoms with Crippen molar-refractivity contribution < 1.29 is 14.1 Å². The summed E-state index contributed by atoms with van der Waals surface area (Å²) in [6.07, 6.45) is 4.29. The van der Waals surface area contributed by atoms with Gasteiger partial charge in [0.1, 0.15) is 11.4 Å². The number of aromatic nitrogens is 1. The molecule has 5 nitrogen and oxygen atoms in total. The van der Waals surface area contributed by atoms with Crippen LogP contribution < -0.4 is 4.74 Å². The third-order valence-corrected chi connectivity index (χ3v) is 4.45. The minimum Gasteiger partial charge on any atom is -0.497 e. The zero-order chi connectivity index (χ0) is 16.2. The monoisotopic (exact) mass is 314 g/mol. The van der Waals surface area contributed by atoms with Crippen molar-refractivity contribution in [1.82, 2.24) is 10.1 Å². The van der Waals surface area contributed by atoms with Crippen LogP contribution in [0.5, 0.6) is 5.75 Å². The lowest BCUT2D eigenvalue weighted by Crippen LogP contribution is -2.43. The van der Waals surface area contributed by atoms with Crippen molar-refractivity contribution in [3.8, 4) is 17.0 Å². The highest BCUT2D eigenvalue weighted by molar-refractivity contribution is 5.92. The Morgan fingerprint density at radius 3 is 3.04 bits per heavy atom. The van der Waals surface area contributed by atoms with Crippen LogP contribution >= 0.6 is 0 Å². The Kier molecular flexibility index (Phi) is 4.65. The van der Waals surface area contributed by atoms with E-state index >= 15 is 0 Å². The fourth-order valence-corrected chi connectivity index (χ4v) is 3.13. The van der Waals surface area contributed by atoms with Crippen LogP contribution in [0.3, 0.4) is 0 Å². The number of nitrogens with zero attached hydrogens (tertiary/aromatic N) is 2. The van der Waals surface area contributed by atoms with E-state index in [-0.39, 0.29) is 5.91 Å². The molecule has 0 aliphatic carbocycles. The van der Waals surface area contributed by atoms with Gasteiger partial charge in [0.15, 0.2) is 0 Å². The summed E-state index contributed by atoms with van der Waals surface area (Å²) in [5.41, 5.74) is 1.52. The van der Waals surface area contributed by atoms with Gasteiger partial charge in [0.2, 0.25) is 5.76 Å². The normalized spacial score (nSPS) is 18.0. The van der Waals surface area contributed by atoms with Crippen LogP contribution in [0, 0.1) is 0 Å². The quantitative estimate of drug-likeness (QED) is 0.862. The van der Waals surface area contributed by atoms with Crippen molar-refractivity contribution >= 4 is 5.91 Å². The van der Waals surface area contributed by atoms with E-state index < -0.39 is 0 Å². The van der Waals surface area contributed by atoms with E-state index in [1.165, 1.54) is 6.42 Å². The molecule has 122 valence electrons. The Labute approximate surface area is 136 Å². The molecule has 0 spiro atoms. The molecule has 1 aromatic carbocycles. The van der Waals surface area contributed by atoms with E-state index in [2.05, 4.69) is 12.1 Å². The molecule has 1 atom stereocenters. The lowest BCUT2D eigenvalue weighted by atomic mass is 9.99. The molecule has 1 amide bonds. The maximum atomic E-state index is 12.7. The summed E-state index contributed by atoms with van der Waals surface area (Å²) in [5.74, 6) is 1.00. The van der Waals surface area contributed by atoms with Crippen LogP contribution in [-0.4, -0.2) is 35.7 Å². The average molecular weight is 314 g/mol. The lowest BCUT2D eigenvalue weighted by Gasteiger charge is -2.34. The molecule has 1 aliphatic rings. The highest BCUT2D eigenvalue weighted by atomic mass is 16.5. The number of carbonyl (C=O) groups excluding carboxylic acids is 1. The van der Waals surface area contributed by atoms with E-state index in [0.29, 0.717) is 17.5 Å². The van der Waals surface area contributed by atoms with Gasteiger partial charge in [-0.3, -0.25) is 4.79 Å². The Morgan fingerprint density at radius 2 is 2.26 bits per heavy atom. The van der Waals surface area contributed by atoms with Crippen LogP contribution in [0.25, 0.3) is 11.3 Å². The maximum absolute atomic E-state index is 12.7. The number of carbonyl (C=O) groups is 1. The van der Waals surface area contributed by atoms with Crippen molar-refractivity contribution in [2.45, 2.75) is 38.6 Å². The van der Waals surface area contributed by atoms with Gasteiger partial charge in [-0.25, -0.2) is 0 Å². The van der Waals surface area contributed by atoms with E-state index in [0.717, 1.165) is 37.1 Å². The topological polar surface area (TPSA) is 55.6 Å². The van der Waals surface area contributed by atoms with Crippen molar-refractivity contribution in [1.29, 1.82) is 0 Å². The highest BCUT2D eigenvalue weighted by Crippen LogP contribution is 2.26. The standard InChI is InChI=1S/C18H22N2O3/c1-3-14-8-4-5-10-20(14)18(21)17-12-16(19-23-17)13-7-6-9-15(11-13)22-2/h6-7,9,11-12,14H,3-5,8,10H2,1-2H3/t14-/m1/s1. The predicted octanol–water partition coefficient (Wildman–Crippen LogP) is 3.75. The number of rotatable bonds is 4. The van der Waals surface area contributed by atoms with Gasteiger partial charge in [0, 0.05) is 24.2 Å². The highest BCUT2D eigenvalue weighted by Gasteiger charge is 2.28. The number of amides is 1. The van der Waals surface area contributed by atoms with Crippen LogP contribution in [0.4, 0.5) is 0 Å². The second-order valence-electron chi connectivity index (χ2n) is 5.86. The summed E-state index contributed by atoms with van der Waals surface area (Å²) in [6.45, 7) is 2.92. The second kappa shape index (κ2) is 6.86. The minimum absolute atomic E-state index is 0.0572. The van der Waals surface area contributed by atoms with Crippen LogP contribution in [0.1, 0.15) is 43.2 Å². The molecule has 23 heavy (non-hydrogen) atoms. The Bertz CT molecular complexity index is 680. The summed E-state index contributed by atoms with van der Waals surface area (Å²) in [7, 11) is 1.62.